The summed E-state index contributed by atoms with van der Waals surface area (Å²) in [6.07, 6.45) is 0. The minimum absolute atomic E-state index is 0.00236. The summed E-state index contributed by atoms with van der Waals surface area (Å²) in [6.45, 7) is 3.48. The second-order valence-electron chi connectivity index (χ2n) is 3.62. The molecular weight excluding hydrogens is 279 g/mol. The van der Waals surface area contributed by atoms with Gasteiger partial charge in [-0.3, -0.25) is 4.79 Å². The van der Waals surface area contributed by atoms with E-state index in [1.165, 1.54) is 0 Å². The van der Waals surface area contributed by atoms with Crippen LogP contribution in [0.4, 0.5) is 0 Å². The third-order valence-corrected chi connectivity index (χ3v) is 2.74. The van der Waals surface area contributed by atoms with Crippen molar-refractivity contribution in [3.63, 3.8) is 0 Å². The van der Waals surface area contributed by atoms with Gasteiger partial charge in [-0.1, -0.05) is 27.5 Å². The van der Waals surface area contributed by atoms with Gasteiger partial charge in [-0.05, 0) is 38.1 Å². The number of carbonyl (C=O) groups excluding carboxylic acids is 1. The van der Waals surface area contributed by atoms with E-state index in [0.717, 1.165) is 0 Å². The highest BCUT2D eigenvalue weighted by atomic mass is 79.9. The quantitative estimate of drug-likeness (QED) is 0.794. The van der Waals surface area contributed by atoms with Crippen LogP contribution in [-0.2, 0) is 4.79 Å². The normalized spacial score (nSPS) is 11.2. The van der Waals surface area contributed by atoms with Crippen molar-refractivity contribution < 1.29 is 9.53 Å². The molecule has 0 heterocycles. The second kappa shape index (κ2) is 4.99. The predicted molar refractivity (Wildman–Crippen MR) is 65.0 cm³/mol. The van der Waals surface area contributed by atoms with Crippen LogP contribution in [0.15, 0.2) is 24.3 Å². The smallest absolute Gasteiger partial charge is 0.186 e. The number of carbonyl (C=O) groups is 1. The molecule has 1 aromatic rings. The Labute approximate surface area is 103 Å². The van der Waals surface area contributed by atoms with Gasteiger partial charge in [0.05, 0.1) is 5.33 Å². The molecular formula is C11H12BrClO2. The Kier molecular flexibility index (Phi) is 4.17. The first-order chi connectivity index (χ1) is 6.95. The fourth-order valence-corrected chi connectivity index (χ4v) is 1.82. The van der Waals surface area contributed by atoms with E-state index < -0.39 is 5.60 Å². The zero-order chi connectivity index (χ0) is 11.5. The minimum Gasteiger partial charge on any atom is -0.480 e. The van der Waals surface area contributed by atoms with Crippen molar-refractivity contribution in [3.05, 3.63) is 29.3 Å². The van der Waals surface area contributed by atoms with E-state index in [2.05, 4.69) is 15.9 Å². The van der Waals surface area contributed by atoms with Gasteiger partial charge in [0.15, 0.2) is 11.4 Å². The molecule has 0 saturated carbocycles. The molecule has 0 bridgehead atoms. The number of ether oxygens (including phenoxy) is 1. The summed E-state index contributed by atoms with van der Waals surface area (Å²) >= 11 is 8.87. The van der Waals surface area contributed by atoms with Crippen LogP contribution in [0.5, 0.6) is 5.75 Å². The molecule has 1 rings (SSSR count). The maximum atomic E-state index is 11.5. The van der Waals surface area contributed by atoms with Gasteiger partial charge in [-0.2, -0.15) is 0 Å². The predicted octanol–water partition coefficient (Wildman–Crippen LogP) is 3.46. The largest absolute Gasteiger partial charge is 0.480 e. The van der Waals surface area contributed by atoms with Crippen LogP contribution in [0.3, 0.4) is 0 Å². The molecule has 1 aromatic carbocycles. The lowest BCUT2D eigenvalue weighted by Gasteiger charge is -2.24. The standard InChI is InChI=1S/C11H12BrClO2/c1-11(2,10(14)7-12)15-9-5-3-8(13)4-6-9/h3-6H,7H2,1-2H3. The van der Waals surface area contributed by atoms with E-state index in [1.807, 2.05) is 0 Å². The summed E-state index contributed by atoms with van der Waals surface area (Å²) < 4.78 is 5.57. The first kappa shape index (κ1) is 12.5. The average molecular weight is 292 g/mol. The summed E-state index contributed by atoms with van der Waals surface area (Å²) in [5.74, 6) is 0.635. The molecule has 82 valence electrons. The van der Waals surface area contributed by atoms with E-state index in [0.29, 0.717) is 10.8 Å². The molecule has 0 atom stereocenters. The Bertz CT molecular complexity index is 346. The topological polar surface area (TPSA) is 26.3 Å². The third kappa shape index (κ3) is 3.50. The monoisotopic (exact) mass is 290 g/mol. The number of alkyl halides is 1. The molecule has 0 aromatic heterocycles. The Hall–Kier alpha value is -0.540. The van der Waals surface area contributed by atoms with Gasteiger partial charge >= 0.3 is 0 Å². The van der Waals surface area contributed by atoms with Crippen LogP contribution in [0.2, 0.25) is 5.02 Å². The Morgan fingerprint density at radius 2 is 1.93 bits per heavy atom. The number of Topliss-reactive ketones (excluding diaryl/α,β-unsaturated/α-hetero) is 1. The Balaban J connectivity index is 2.77. The van der Waals surface area contributed by atoms with Crippen molar-refractivity contribution in [1.29, 1.82) is 0 Å². The van der Waals surface area contributed by atoms with Gasteiger partial charge in [0.1, 0.15) is 5.75 Å². The van der Waals surface area contributed by atoms with Crippen LogP contribution in [0, 0.1) is 0 Å². The summed E-state index contributed by atoms with van der Waals surface area (Å²) in [7, 11) is 0. The molecule has 0 amide bonds. The molecule has 0 aliphatic carbocycles. The Morgan fingerprint density at radius 3 is 2.40 bits per heavy atom. The Morgan fingerprint density at radius 1 is 1.40 bits per heavy atom. The fraction of sp³-hybridized carbons (Fsp3) is 0.364. The van der Waals surface area contributed by atoms with Crippen molar-refractivity contribution in [2.24, 2.45) is 0 Å². The van der Waals surface area contributed by atoms with Crippen LogP contribution in [0.25, 0.3) is 0 Å². The molecule has 0 N–H and O–H groups in total. The molecule has 0 aliphatic heterocycles. The number of hydrogen-bond donors (Lipinski definition) is 0. The third-order valence-electron chi connectivity index (χ3n) is 1.98. The highest BCUT2D eigenvalue weighted by molar-refractivity contribution is 9.09. The first-order valence-electron chi connectivity index (χ1n) is 4.49. The van der Waals surface area contributed by atoms with E-state index in [9.17, 15) is 4.79 Å². The maximum Gasteiger partial charge on any atom is 0.186 e. The number of halogens is 2. The summed E-state index contributed by atoms with van der Waals surface area (Å²) in [5.41, 5.74) is -0.822. The van der Waals surface area contributed by atoms with Gasteiger partial charge in [0.25, 0.3) is 0 Å². The minimum atomic E-state index is -0.822. The molecule has 0 fully saturated rings. The van der Waals surface area contributed by atoms with E-state index in [4.69, 9.17) is 16.3 Å². The molecule has 0 radical (unpaired) electrons. The van der Waals surface area contributed by atoms with E-state index in [1.54, 1.807) is 38.1 Å². The van der Waals surface area contributed by atoms with Crippen molar-refractivity contribution in [1.82, 2.24) is 0 Å². The number of ketones is 1. The second-order valence-corrected chi connectivity index (χ2v) is 4.62. The van der Waals surface area contributed by atoms with Gasteiger partial charge in [-0.15, -0.1) is 0 Å². The lowest BCUT2D eigenvalue weighted by molar-refractivity contribution is -0.128. The SMILES string of the molecule is CC(C)(Oc1ccc(Cl)cc1)C(=O)CBr. The molecule has 2 nitrogen and oxygen atoms in total. The van der Waals surface area contributed by atoms with Crippen molar-refractivity contribution in [3.8, 4) is 5.75 Å². The molecule has 0 aliphatic rings. The van der Waals surface area contributed by atoms with Gasteiger partial charge in [0, 0.05) is 5.02 Å². The molecule has 15 heavy (non-hydrogen) atoms. The highest BCUT2D eigenvalue weighted by Crippen LogP contribution is 2.21. The fourth-order valence-electron chi connectivity index (χ4n) is 1.02. The highest BCUT2D eigenvalue weighted by Gasteiger charge is 2.28. The van der Waals surface area contributed by atoms with E-state index in [-0.39, 0.29) is 11.1 Å². The van der Waals surface area contributed by atoms with E-state index >= 15 is 0 Å². The zero-order valence-corrected chi connectivity index (χ0v) is 10.9. The molecule has 4 heteroatoms. The van der Waals surface area contributed by atoms with Crippen LogP contribution >= 0.6 is 27.5 Å². The summed E-state index contributed by atoms with van der Waals surface area (Å²) in [4.78, 5) is 11.5. The van der Waals surface area contributed by atoms with Crippen LogP contribution in [0.1, 0.15) is 13.8 Å². The summed E-state index contributed by atoms with van der Waals surface area (Å²) in [6, 6.07) is 6.94. The number of rotatable bonds is 4. The van der Waals surface area contributed by atoms with Gasteiger partial charge in [-0.25, -0.2) is 0 Å². The number of hydrogen-bond acceptors (Lipinski definition) is 2. The van der Waals surface area contributed by atoms with Crippen molar-refractivity contribution in [2.45, 2.75) is 19.4 Å². The molecule has 0 spiro atoms. The zero-order valence-electron chi connectivity index (χ0n) is 8.59. The first-order valence-corrected chi connectivity index (χ1v) is 5.99. The van der Waals surface area contributed by atoms with Gasteiger partial charge in [0.2, 0.25) is 0 Å². The van der Waals surface area contributed by atoms with Crippen molar-refractivity contribution >= 4 is 33.3 Å². The lowest BCUT2D eigenvalue weighted by atomic mass is 10.1. The number of benzene rings is 1. The van der Waals surface area contributed by atoms with Crippen molar-refractivity contribution in [2.75, 3.05) is 5.33 Å². The molecule has 0 saturated heterocycles. The van der Waals surface area contributed by atoms with Gasteiger partial charge < -0.3 is 4.74 Å². The van der Waals surface area contributed by atoms with Crippen LogP contribution < -0.4 is 4.74 Å². The maximum absolute atomic E-state index is 11.5. The average Bonchev–Trinajstić information content (AvgIpc) is 2.20. The summed E-state index contributed by atoms with van der Waals surface area (Å²) in [5, 5.41) is 0.931. The lowest BCUT2D eigenvalue weighted by Crippen LogP contribution is -2.39. The molecule has 0 unspecified atom stereocenters. The van der Waals surface area contributed by atoms with Crippen LogP contribution in [-0.4, -0.2) is 16.7 Å².